The van der Waals surface area contributed by atoms with Crippen molar-refractivity contribution in [2.24, 2.45) is 0 Å². The highest BCUT2D eigenvalue weighted by Crippen LogP contribution is 2.34. The van der Waals surface area contributed by atoms with Crippen molar-refractivity contribution in [3.63, 3.8) is 0 Å². The molecule has 0 unspecified atom stereocenters. The molecule has 2 aromatic rings. The summed E-state index contributed by atoms with van der Waals surface area (Å²) in [7, 11) is 0. The maximum absolute atomic E-state index is 3.97. The zero-order valence-corrected chi connectivity index (χ0v) is 13.5. The Bertz CT molecular complexity index is 464. The van der Waals surface area contributed by atoms with Gasteiger partial charge in [0, 0.05) is 18.8 Å². The monoisotopic (exact) mass is 425 g/mol. The summed E-state index contributed by atoms with van der Waals surface area (Å²) in [5.41, 5.74) is 1.95. The molecule has 1 aromatic carbocycles. The highest BCUT2D eigenvalue weighted by atomic mass is 79.9. The Kier molecular flexibility index (Phi) is 4.34. The Hall–Kier alpha value is 0.0200. The zero-order chi connectivity index (χ0) is 11.5. The molecular weight excluding hydrogens is 422 g/mol. The van der Waals surface area contributed by atoms with Crippen LogP contribution >= 0.6 is 59.3 Å². The van der Waals surface area contributed by atoms with Gasteiger partial charge in [-0.05, 0) is 55.5 Å². The Labute approximate surface area is 122 Å². The number of anilines is 1. The van der Waals surface area contributed by atoms with Crippen LogP contribution in [0.3, 0.4) is 0 Å². The predicted molar refractivity (Wildman–Crippen MR) is 76.8 cm³/mol. The van der Waals surface area contributed by atoms with E-state index in [1.807, 2.05) is 17.5 Å². The van der Waals surface area contributed by atoms with Crippen LogP contribution in [0.15, 0.2) is 30.9 Å². The molecule has 1 heterocycles. The van der Waals surface area contributed by atoms with E-state index in [4.69, 9.17) is 0 Å². The average molecular weight is 428 g/mol. The van der Waals surface area contributed by atoms with Crippen LogP contribution in [0.5, 0.6) is 0 Å². The predicted octanol–water partition coefficient (Wildman–Crippen LogP) is 4.44. The molecule has 7 heteroatoms. The lowest BCUT2D eigenvalue weighted by Gasteiger charge is -2.09. The van der Waals surface area contributed by atoms with Gasteiger partial charge in [0.2, 0.25) is 0 Å². The number of nitrogens with one attached hydrogen (secondary N) is 1. The molecule has 84 valence electrons. The number of benzene rings is 1. The molecule has 1 aromatic heterocycles. The molecule has 0 fully saturated rings. The molecule has 0 radical (unpaired) electrons. The van der Waals surface area contributed by atoms with Crippen molar-refractivity contribution < 1.29 is 0 Å². The van der Waals surface area contributed by atoms with Gasteiger partial charge in [-0.3, -0.25) is 0 Å². The fraction of sp³-hybridized carbons (Fsp3) is 0.111. The maximum Gasteiger partial charge on any atom is 0.0946 e. The van der Waals surface area contributed by atoms with E-state index in [1.54, 1.807) is 0 Å². The van der Waals surface area contributed by atoms with Crippen LogP contribution in [0, 0.1) is 0 Å². The van der Waals surface area contributed by atoms with Crippen molar-refractivity contribution in [1.29, 1.82) is 0 Å². The standard InChI is InChI=1S/C9H6Br3N3S/c10-5-1-7(11)9(8(12)2-5)13-3-6-4-16-15-14-6/h1-2,4,13H,3H2. The Morgan fingerprint density at radius 1 is 1.19 bits per heavy atom. The van der Waals surface area contributed by atoms with Crippen LogP contribution in [0.25, 0.3) is 0 Å². The van der Waals surface area contributed by atoms with E-state index in [1.165, 1.54) is 11.5 Å². The summed E-state index contributed by atoms with van der Waals surface area (Å²) in [6.07, 6.45) is 0. The summed E-state index contributed by atoms with van der Waals surface area (Å²) in [5.74, 6) is 0. The second-order valence-corrected chi connectivity index (χ2v) is 6.23. The van der Waals surface area contributed by atoms with E-state index in [9.17, 15) is 0 Å². The molecule has 0 atom stereocenters. The highest BCUT2D eigenvalue weighted by molar-refractivity contribution is 9.11. The van der Waals surface area contributed by atoms with Gasteiger partial charge in [0.15, 0.2) is 0 Å². The third-order valence-electron chi connectivity index (χ3n) is 1.86. The minimum atomic E-state index is 0.662. The smallest absolute Gasteiger partial charge is 0.0946 e. The van der Waals surface area contributed by atoms with Crippen molar-refractivity contribution >= 4 is 65.0 Å². The number of halogens is 3. The van der Waals surface area contributed by atoms with E-state index in [0.717, 1.165) is 24.8 Å². The lowest BCUT2D eigenvalue weighted by Crippen LogP contribution is -2.01. The quantitative estimate of drug-likeness (QED) is 0.787. The fourth-order valence-corrected chi connectivity index (χ4v) is 4.14. The summed E-state index contributed by atoms with van der Waals surface area (Å²) >= 11 is 11.8. The summed E-state index contributed by atoms with van der Waals surface area (Å²) in [6, 6.07) is 3.98. The molecule has 0 amide bonds. The second kappa shape index (κ2) is 5.57. The molecule has 0 aliphatic rings. The summed E-state index contributed by atoms with van der Waals surface area (Å²) in [5, 5.41) is 9.20. The van der Waals surface area contributed by atoms with Crippen molar-refractivity contribution in [3.8, 4) is 0 Å². The number of nitrogens with zero attached hydrogens (tertiary/aromatic N) is 2. The first-order chi connectivity index (χ1) is 7.66. The maximum atomic E-state index is 3.97. The van der Waals surface area contributed by atoms with Gasteiger partial charge in [0.05, 0.1) is 17.9 Å². The van der Waals surface area contributed by atoms with Crippen molar-refractivity contribution in [3.05, 3.63) is 36.6 Å². The molecular formula is C9H6Br3N3S. The van der Waals surface area contributed by atoms with Crippen LogP contribution in [-0.2, 0) is 6.54 Å². The molecule has 0 saturated heterocycles. The molecule has 1 N–H and O–H groups in total. The third-order valence-corrected chi connectivity index (χ3v) is 4.12. The molecule has 0 bridgehead atoms. The first kappa shape index (κ1) is 12.5. The van der Waals surface area contributed by atoms with E-state index in [-0.39, 0.29) is 0 Å². The van der Waals surface area contributed by atoms with E-state index in [0.29, 0.717) is 6.54 Å². The third kappa shape index (κ3) is 3.03. The van der Waals surface area contributed by atoms with Gasteiger partial charge in [-0.2, -0.15) is 0 Å². The molecule has 0 spiro atoms. The molecule has 0 saturated carbocycles. The number of rotatable bonds is 3. The van der Waals surface area contributed by atoms with Gasteiger partial charge >= 0.3 is 0 Å². The average Bonchev–Trinajstić information content (AvgIpc) is 2.68. The van der Waals surface area contributed by atoms with Gasteiger partial charge in [-0.1, -0.05) is 20.4 Å². The minimum absolute atomic E-state index is 0.662. The van der Waals surface area contributed by atoms with Crippen LogP contribution in [0.1, 0.15) is 5.69 Å². The first-order valence-electron chi connectivity index (χ1n) is 4.31. The van der Waals surface area contributed by atoms with Gasteiger partial charge in [-0.25, -0.2) is 0 Å². The minimum Gasteiger partial charge on any atom is -0.377 e. The molecule has 3 nitrogen and oxygen atoms in total. The lowest BCUT2D eigenvalue weighted by molar-refractivity contribution is 0.997. The van der Waals surface area contributed by atoms with Crippen LogP contribution in [0.4, 0.5) is 5.69 Å². The van der Waals surface area contributed by atoms with Crippen LogP contribution < -0.4 is 5.32 Å². The SMILES string of the molecule is Brc1cc(Br)c(NCc2csnn2)c(Br)c1. The van der Waals surface area contributed by atoms with E-state index in [2.05, 4.69) is 62.7 Å². The lowest BCUT2D eigenvalue weighted by atomic mass is 10.3. The van der Waals surface area contributed by atoms with Crippen molar-refractivity contribution in [2.45, 2.75) is 6.54 Å². The van der Waals surface area contributed by atoms with Gasteiger partial charge in [-0.15, -0.1) is 5.10 Å². The summed E-state index contributed by atoms with van der Waals surface area (Å²) in [6.45, 7) is 0.662. The highest BCUT2D eigenvalue weighted by Gasteiger charge is 2.07. The number of hydrogen-bond donors (Lipinski definition) is 1. The molecule has 16 heavy (non-hydrogen) atoms. The summed E-state index contributed by atoms with van der Waals surface area (Å²) in [4.78, 5) is 0. The summed E-state index contributed by atoms with van der Waals surface area (Å²) < 4.78 is 6.83. The Morgan fingerprint density at radius 2 is 1.88 bits per heavy atom. The van der Waals surface area contributed by atoms with E-state index < -0.39 is 0 Å². The molecule has 0 aliphatic heterocycles. The fourth-order valence-electron chi connectivity index (χ4n) is 1.15. The van der Waals surface area contributed by atoms with Crippen LogP contribution in [-0.4, -0.2) is 9.59 Å². The van der Waals surface area contributed by atoms with Gasteiger partial charge in [0.25, 0.3) is 0 Å². The van der Waals surface area contributed by atoms with Crippen LogP contribution in [0.2, 0.25) is 0 Å². The Morgan fingerprint density at radius 3 is 2.44 bits per heavy atom. The van der Waals surface area contributed by atoms with E-state index >= 15 is 0 Å². The van der Waals surface area contributed by atoms with Gasteiger partial charge in [0.1, 0.15) is 0 Å². The molecule has 2 rings (SSSR count). The largest absolute Gasteiger partial charge is 0.377 e. The second-order valence-electron chi connectivity index (χ2n) is 2.99. The van der Waals surface area contributed by atoms with Crippen molar-refractivity contribution in [2.75, 3.05) is 5.32 Å². The topological polar surface area (TPSA) is 37.8 Å². The normalized spacial score (nSPS) is 10.4. The Balaban J connectivity index is 2.15. The number of hydrogen-bond acceptors (Lipinski definition) is 4. The van der Waals surface area contributed by atoms with Crippen molar-refractivity contribution in [1.82, 2.24) is 9.59 Å². The number of aromatic nitrogens is 2. The molecule has 0 aliphatic carbocycles. The zero-order valence-electron chi connectivity index (χ0n) is 7.88. The first-order valence-corrected chi connectivity index (χ1v) is 7.52. The van der Waals surface area contributed by atoms with Gasteiger partial charge < -0.3 is 5.32 Å².